The van der Waals surface area contributed by atoms with E-state index in [2.05, 4.69) is 15.0 Å². The Kier molecular flexibility index (Phi) is 7.64. The fourth-order valence-electron chi connectivity index (χ4n) is 5.05. The molecular weight excluding hydrogens is 491 g/mol. The molecule has 2 aromatic carbocycles. The Morgan fingerprint density at radius 1 is 1.08 bits per heavy atom. The normalized spacial score (nSPS) is 19.0. The van der Waals surface area contributed by atoms with Crippen LogP contribution in [0.25, 0.3) is 0 Å². The molecule has 192 valence electrons. The molecule has 1 aliphatic carbocycles. The Morgan fingerprint density at radius 2 is 1.92 bits per heavy atom. The highest BCUT2D eigenvalue weighted by atomic mass is 32.2. The minimum absolute atomic E-state index is 0.143. The second-order valence-corrected chi connectivity index (χ2v) is 11.2. The van der Waals surface area contributed by atoms with Gasteiger partial charge in [-0.1, -0.05) is 30.3 Å². The topological polar surface area (TPSA) is 91.4 Å². The molecule has 2 radical (unpaired) electrons. The summed E-state index contributed by atoms with van der Waals surface area (Å²) in [6.07, 6.45) is 5.98. The van der Waals surface area contributed by atoms with Gasteiger partial charge in [0, 0.05) is 37.4 Å². The summed E-state index contributed by atoms with van der Waals surface area (Å²) in [6.45, 7) is 1.26. The first-order chi connectivity index (χ1) is 17.9. The van der Waals surface area contributed by atoms with E-state index in [4.69, 9.17) is 0 Å². The van der Waals surface area contributed by atoms with Crippen molar-refractivity contribution in [1.29, 1.82) is 0 Å². The fraction of sp³-hybridized carbons (Fsp3) is 0.286. The van der Waals surface area contributed by atoms with Crippen LogP contribution in [0.1, 0.15) is 29.5 Å². The minimum atomic E-state index is -3.60. The molecule has 2 N–H and O–H groups in total. The van der Waals surface area contributed by atoms with Gasteiger partial charge in [0.1, 0.15) is 5.82 Å². The Morgan fingerprint density at radius 3 is 2.70 bits per heavy atom. The second kappa shape index (κ2) is 11.1. The summed E-state index contributed by atoms with van der Waals surface area (Å²) in [4.78, 5) is 19.4. The number of rotatable bonds is 8. The van der Waals surface area contributed by atoms with Gasteiger partial charge in [0.2, 0.25) is 15.9 Å². The molecule has 0 spiro atoms. The third-order valence-corrected chi connectivity index (χ3v) is 8.35. The molecule has 9 heteroatoms. The molecule has 1 unspecified atom stereocenters. The number of aryl methyl sites for hydroxylation is 1. The number of fused-ring (bicyclic) bond motifs is 1. The van der Waals surface area contributed by atoms with Gasteiger partial charge in [-0.25, -0.2) is 17.5 Å². The number of halogens is 1. The minimum Gasteiger partial charge on any atom is -0.346 e. The number of amides is 1. The zero-order chi connectivity index (χ0) is 25.8. The Balaban J connectivity index is 1.21. The van der Waals surface area contributed by atoms with Crippen LogP contribution in [0, 0.1) is 17.8 Å². The van der Waals surface area contributed by atoms with Gasteiger partial charge in [-0.05, 0) is 72.7 Å². The summed E-state index contributed by atoms with van der Waals surface area (Å²) in [5, 5.41) is 3.11. The molecule has 37 heavy (non-hydrogen) atoms. The molecule has 1 aliphatic heterocycles. The average molecular weight is 521 g/mol. The number of nitrogens with zero attached hydrogens (tertiary/aromatic N) is 2. The van der Waals surface area contributed by atoms with E-state index in [-0.39, 0.29) is 29.2 Å². The van der Waals surface area contributed by atoms with E-state index in [1.807, 2.05) is 17.0 Å². The zero-order valence-corrected chi connectivity index (χ0v) is 21.2. The number of pyridine rings is 1. The number of aromatic nitrogens is 1. The maximum absolute atomic E-state index is 13.9. The van der Waals surface area contributed by atoms with Crippen LogP contribution in [0.4, 0.5) is 4.39 Å². The van der Waals surface area contributed by atoms with Gasteiger partial charge in [-0.15, -0.1) is 0 Å². The molecule has 0 saturated carbocycles. The fourth-order valence-corrected chi connectivity index (χ4v) is 6.34. The third kappa shape index (κ3) is 6.23. The molecule has 7 nitrogen and oxygen atoms in total. The van der Waals surface area contributed by atoms with Crippen molar-refractivity contribution in [1.82, 2.24) is 19.9 Å². The van der Waals surface area contributed by atoms with E-state index in [1.54, 1.807) is 54.9 Å². The quantitative estimate of drug-likeness (QED) is 0.477. The number of sulfonamides is 1. The maximum Gasteiger partial charge on any atom is 0.240 e. The SMILES string of the molecule is O=C(CN1CCC(NS(=O)(=O)c2ccccc2)C1)N[C]1CCc2cc(F)ccc2[C]1Cc1cccnc1. The molecule has 1 saturated heterocycles. The summed E-state index contributed by atoms with van der Waals surface area (Å²) >= 11 is 0. The van der Waals surface area contributed by atoms with Crippen LogP contribution < -0.4 is 10.0 Å². The predicted molar refractivity (Wildman–Crippen MR) is 138 cm³/mol. The van der Waals surface area contributed by atoms with E-state index < -0.39 is 10.0 Å². The summed E-state index contributed by atoms with van der Waals surface area (Å²) < 4.78 is 41.9. The van der Waals surface area contributed by atoms with Crippen LogP contribution in [0.2, 0.25) is 0 Å². The molecular formula is C28H29FN4O3S. The van der Waals surface area contributed by atoms with E-state index in [0.29, 0.717) is 38.8 Å². The Hall–Kier alpha value is -3.14. The smallest absolute Gasteiger partial charge is 0.240 e. The van der Waals surface area contributed by atoms with E-state index in [9.17, 15) is 17.6 Å². The van der Waals surface area contributed by atoms with Crippen molar-refractivity contribution in [3.8, 4) is 0 Å². The molecule has 1 atom stereocenters. The Bertz CT molecular complexity index is 1340. The lowest BCUT2D eigenvalue weighted by Gasteiger charge is -2.33. The summed E-state index contributed by atoms with van der Waals surface area (Å²) in [5.41, 5.74) is 2.89. The lowest BCUT2D eigenvalue weighted by molar-refractivity contribution is -0.121. The van der Waals surface area contributed by atoms with E-state index in [1.165, 1.54) is 6.07 Å². The molecule has 1 amide bonds. The van der Waals surface area contributed by atoms with Gasteiger partial charge in [-0.3, -0.25) is 14.7 Å². The van der Waals surface area contributed by atoms with Gasteiger partial charge < -0.3 is 5.32 Å². The van der Waals surface area contributed by atoms with Crippen molar-refractivity contribution >= 4 is 15.9 Å². The van der Waals surface area contributed by atoms with Gasteiger partial charge in [0.05, 0.1) is 17.5 Å². The maximum atomic E-state index is 13.9. The van der Waals surface area contributed by atoms with Gasteiger partial charge in [-0.2, -0.15) is 0 Å². The lowest BCUT2D eigenvalue weighted by Crippen LogP contribution is -2.43. The Labute approximate surface area is 217 Å². The van der Waals surface area contributed by atoms with Crippen LogP contribution >= 0.6 is 0 Å². The predicted octanol–water partition coefficient (Wildman–Crippen LogP) is 3.03. The first-order valence-electron chi connectivity index (χ1n) is 12.4. The molecule has 5 rings (SSSR count). The third-order valence-electron chi connectivity index (χ3n) is 6.81. The monoisotopic (exact) mass is 520 g/mol. The van der Waals surface area contributed by atoms with Crippen molar-refractivity contribution < 1.29 is 17.6 Å². The number of likely N-dealkylation sites (tertiary alicyclic amines) is 1. The van der Waals surface area contributed by atoms with Crippen molar-refractivity contribution in [2.24, 2.45) is 0 Å². The zero-order valence-electron chi connectivity index (χ0n) is 20.4. The number of hydrogen-bond acceptors (Lipinski definition) is 5. The van der Waals surface area contributed by atoms with Gasteiger partial charge in [0.25, 0.3) is 0 Å². The van der Waals surface area contributed by atoms with Crippen LogP contribution in [-0.2, 0) is 27.7 Å². The summed E-state index contributed by atoms with van der Waals surface area (Å²) in [7, 11) is -3.60. The highest BCUT2D eigenvalue weighted by Gasteiger charge is 2.34. The number of carbonyl (C=O) groups is 1. The molecule has 3 aromatic rings. The average Bonchev–Trinajstić information content (AvgIpc) is 3.32. The lowest BCUT2D eigenvalue weighted by atomic mass is 9.76. The summed E-state index contributed by atoms with van der Waals surface area (Å²) in [5.74, 6) is 0.562. The van der Waals surface area contributed by atoms with Crippen molar-refractivity contribution in [3.05, 3.63) is 108 Å². The number of carbonyl (C=O) groups excluding carboxylic acids is 1. The van der Waals surface area contributed by atoms with Crippen LogP contribution in [0.5, 0.6) is 0 Å². The first kappa shape index (κ1) is 25.5. The van der Waals surface area contributed by atoms with Gasteiger partial charge >= 0.3 is 0 Å². The molecule has 0 bridgehead atoms. The van der Waals surface area contributed by atoms with Crippen LogP contribution in [0.15, 0.2) is 78.0 Å². The molecule has 2 aliphatic rings. The molecule has 2 heterocycles. The number of benzene rings is 2. The highest BCUT2D eigenvalue weighted by Crippen LogP contribution is 2.38. The first-order valence-corrected chi connectivity index (χ1v) is 13.8. The largest absolute Gasteiger partial charge is 0.346 e. The number of nitrogens with one attached hydrogen (secondary N) is 2. The van der Waals surface area contributed by atoms with Crippen molar-refractivity contribution in [2.45, 2.75) is 36.6 Å². The van der Waals surface area contributed by atoms with E-state index >= 15 is 0 Å². The van der Waals surface area contributed by atoms with Crippen LogP contribution in [0.3, 0.4) is 0 Å². The van der Waals surface area contributed by atoms with Gasteiger partial charge in [0.15, 0.2) is 0 Å². The van der Waals surface area contributed by atoms with Crippen molar-refractivity contribution in [3.63, 3.8) is 0 Å². The van der Waals surface area contributed by atoms with E-state index in [0.717, 1.165) is 28.7 Å². The van der Waals surface area contributed by atoms with Crippen molar-refractivity contribution in [2.75, 3.05) is 19.6 Å². The summed E-state index contributed by atoms with van der Waals surface area (Å²) in [6, 6.07) is 17.5. The van der Waals surface area contributed by atoms with Crippen LogP contribution in [-0.4, -0.2) is 49.9 Å². The molecule has 1 fully saturated rings. The molecule has 1 aromatic heterocycles. The standard InChI is InChI=1S/C28H29FN4O3S/c29-22-9-10-25-21(16-22)8-11-27(26(25)15-20-5-4-13-30-17-20)31-28(34)19-33-14-12-23(18-33)32-37(35,36)24-6-2-1-3-7-24/h1-7,9-10,13,16-17,23,32H,8,11-12,14-15,18-19H2,(H,31,34). The second-order valence-electron chi connectivity index (χ2n) is 9.50. The highest BCUT2D eigenvalue weighted by molar-refractivity contribution is 7.89. The number of hydrogen-bond donors (Lipinski definition) is 2.